The van der Waals surface area contributed by atoms with Crippen molar-refractivity contribution in [2.45, 2.75) is 18.9 Å². The molecular formula is C23H32N6O2. The monoisotopic (exact) mass is 424 g/mol. The van der Waals surface area contributed by atoms with E-state index in [0.29, 0.717) is 11.9 Å². The van der Waals surface area contributed by atoms with Gasteiger partial charge in [0, 0.05) is 57.6 Å². The molecule has 0 saturated carbocycles. The molecule has 3 aromatic rings. The van der Waals surface area contributed by atoms with E-state index in [4.69, 9.17) is 10.5 Å². The van der Waals surface area contributed by atoms with E-state index in [0.717, 1.165) is 74.3 Å². The lowest BCUT2D eigenvalue weighted by molar-refractivity contribution is 0.138. The summed E-state index contributed by atoms with van der Waals surface area (Å²) in [4.78, 5) is 13.6. The van der Waals surface area contributed by atoms with E-state index >= 15 is 0 Å². The molecule has 0 aliphatic carbocycles. The van der Waals surface area contributed by atoms with Crippen LogP contribution in [0.1, 0.15) is 18.9 Å². The van der Waals surface area contributed by atoms with Gasteiger partial charge in [0.1, 0.15) is 23.5 Å². The first-order valence-corrected chi connectivity index (χ1v) is 10.9. The van der Waals surface area contributed by atoms with E-state index in [1.807, 2.05) is 12.1 Å². The molecule has 31 heavy (non-hydrogen) atoms. The number of anilines is 1. The molecule has 1 fully saturated rings. The van der Waals surface area contributed by atoms with Crippen molar-refractivity contribution in [3.05, 3.63) is 36.8 Å². The number of phenolic OH excluding ortho intramolecular Hbond substituents is 1. The van der Waals surface area contributed by atoms with Crippen molar-refractivity contribution in [2.24, 2.45) is 0 Å². The number of nitrogens with two attached hydrogens (primary N) is 1. The Labute approximate surface area is 183 Å². The number of aromatic nitrogens is 3. The average Bonchev–Trinajstić information content (AvgIpc) is 3.18. The van der Waals surface area contributed by atoms with E-state index < -0.39 is 0 Å². The lowest BCUT2D eigenvalue weighted by Crippen LogP contribution is -2.39. The Kier molecular flexibility index (Phi) is 6.70. The highest BCUT2D eigenvalue weighted by Gasteiger charge is 2.24. The second-order valence-electron chi connectivity index (χ2n) is 8.33. The number of hydrogen-bond acceptors (Lipinski definition) is 7. The molecule has 0 spiro atoms. The lowest BCUT2D eigenvalue weighted by Gasteiger charge is -2.33. The maximum absolute atomic E-state index is 9.95. The quantitative estimate of drug-likeness (QED) is 0.574. The van der Waals surface area contributed by atoms with Crippen molar-refractivity contribution in [3.8, 4) is 16.9 Å². The zero-order valence-corrected chi connectivity index (χ0v) is 18.4. The van der Waals surface area contributed by atoms with Crippen LogP contribution >= 0.6 is 0 Å². The van der Waals surface area contributed by atoms with Crippen LogP contribution in [0.2, 0.25) is 0 Å². The number of rotatable bonds is 8. The first-order valence-electron chi connectivity index (χ1n) is 10.9. The van der Waals surface area contributed by atoms with Crippen LogP contribution in [0.15, 0.2) is 36.8 Å². The number of ether oxygens (including phenoxy) is 1. The van der Waals surface area contributed by atoms with Crippen LogP contribution in [0, 0.1) is 0 Å². The number of methoxy groups -OCH3 is 1. The molecule has 0 atom stereocenters. The third-order valence-electron chi connectivity index (χ3n) is 6.22. The summed E-state index contributed by atoms with van der Waals surface area (Å²) in [5.41, 5.74) is 9.00. The fourth-order valence-electron chi connectivity index (χ4n) is 4.37. The number of hydrogen-bond donors (Lipinski definition) is 2. The molecule has 1 saturated heterocycles. The van der Waals surface area contributed by atoms with Crippen LogP contribution in [0.3, 0.4) is 0 Å². The van der Waals surface area contributed by atoms with Gasteiger partial charge in [0.15, 0.2) is 0 Å². The predicted octanol–water partition coefficient (Wildman–Crippen LogP) is 2.60. The van der Waals surface area contributed by atoms with Crippen molar-refractivity contribution < 1.29 is 9.84 Å². The van der Waals surface area contributed by atoms with Gasteiger partial charge in [0.25, 0.3) is 0 Å². The molecule has 8 heteroatoms. The minimum absolute atomic E-state index is 0.234. The number of benzene rings is 1. The average molecular weight is 425 g/mol. The summed E-state index contributed by atoms with van der Waals surface area (Å²) in [6.07, 6.45) is 5.79. The molecule has 3 heterocycles. The van der Waals surface area contributed by atoms with Crippen LogP contribution in [-0.4, -0.2) is 82.9 Å². The predicted molar refractivity (Wildman–Crippen MR) is 123 cm³/mol. The number of phenols is 1. The third kappa shape index (κ3) is 4.81. The van der Waals surface area contributed by atoms with Crippen molar-refractivity contribution in [1.82, 2.24) is 24.3 Å². The normalized spacial score (nSPS) is 15.8. The SMILES string of the molecule is COCCN(C)CCN1CCC(n2cc(-c3cccc(O)c3)c3c(N)ncnc32)CC1. The smallest absolute Gasteiger partial charge is 0.146 e. The fourth-order valence-corrected chi connectivity index (χ4v) is 4.37. The Morgan fingerprint density at radius 2 is 2.03 bits per heavy atom. The number of nitrogen functional groups attached to an aromatic ring is 1. The molecule has 1 aromatic carbocycles. The summed E-state index contributed by atoms with van der Waals surface area (Å²) < 4.78 is 7.42. The highest BCUT2D eigenvalue weighted by Crippen LogP contribution is 2.37. The number of likely N-dealkylation sites (N-methyl/N-ethyl adjacent to an activating group) is 1. The van der Waals surface area contributed by atoms with Crippen LogP contribution in [0.4, 0.5) is 5.82 Å². The van der Waals surface area contributed by atoms with Crippen molar-refractivity contribution in [3.63, 3.8) is 0 Å². The molecule has 166 valence electrons. The molecule has 8 nitrogen and oxygen atoms in total. The maximum Gasteiger partial charge on any atom is 0.146 e. The van der Waals surface area contributed by atoms with E-state index in [9.17, 15) is 5.11 Å². The molecule has 4 rings (SSSR count). The van der Waals surface area contributed by atoms with Crippen LogP contribution < -0.4 is 5.73 Å². The largest absolute Gasteiger partial charge is 0.508 e. The molecule has 3 N–H and O–H groups in total. The van der Waals surface area contributed by atoms with E-state index in [-0.39, 0.29) is 5.75 Å². The van der Waals surface area contributed by atoms with Gasteiger partial charge in [0.2, 0.25) is 0 Å². The third-order valence-corrected chi connectivity index (χ3v) is 6.22. The Hall–Kier alpha value is -2.68. The Bertz CT molecular complexity index is 1010. The molecular weight excluding hydrogens is 392 g/mol. The lowest BCUT2D eigenvalue weighted by atomic mass is 10.0. The van der Waals surface area contributed by atoms with Crippen LogP contribution in [-0.2, 0) is 4.74 Å². The van der Waals surface area contributed by atoms with Gasteiger partial charge in [-0.2, -0.15) is 0 Å². The van der Waals surface area contributed by atoms with Crippen molar-refractivity contribution in [2.75, 3.05) is 59.2 Å². The number of piperidine rings is 1. The standard InChI is InChI=1S/C23H32N6O2/c1-27(12-13-31-2)10-11-28-8-6-18(7-9-28)29-15-20(17-4-3-5-19(30)14-17)21-22(24)25-16-26-23(21)29/h3-5,14-16,18,30H,6-13H2,1-2H3,(H2,24,25,26). The summed E-state index contributed by atoms with van der Waals surface area (Å²) in [7, 11) is 3.89. The zero-order chi connectivity index (χ0) is 21.8. The number of nitrogens with zero attached hydrogens (tertiary/aromatic N) is 5. The van der Waals surface area contributed by atoms with Gasteiger partial charge < -0.3 is 29.9 Å². The van der Waals surface area contributed by atoms with Gasteiger partial charge in [-0.25, -0.2) is 9.97 Å². The summed E-state index contributed by atoms with van der Waals surface area (Å²) in [6, 6.07) is 7.62. The number of aromatic hydroxyl groups is 1. The van der Waals surface area contributed by atoms with Gasteiger partial charge >= 0.3 is 0 Å². The topological polar surface area (TPSA) is 92.7 Å². The molecule has 0 radical (unpaired) electrons. The second kappa shape index (κ2) is 9.64. The highest BCUT2D eigenvalue weighted by molar-refractivity contribution is 6.00. The van der Waals surface area contributed by atoms with Crippen LogP contribution in [0.5, 0.6) is 5.75 Å². The summed E-state index contributed by atoms with van der Waals surface area (Å²) >= 11 is 0. The first-order chi connectivity index (χ1) is 15.1. The Morgan fingerprint density at radius 1 is 1.23 bits per heavy atom. The Morgan fingerprint density at radius 3 is 2.77 bits per heavy atom. The van der Waals surface area contributed by atoms with Gasteiger partial charge in [-0.05, 0) is 37.6 Å². The van der Waals surface area contributed by atoms with E-state index in [1.165, 1.54) is 6.33 Å². The molecule has 0 amide bonds. The van der Waals surface area contributed by atoms with Gasteiger partial charge in [0.05, 0.1) is 12.0 Å². The molecule has 1 aliphatic heterocycles. The minimum Gasteiger partial charge on any atom is -0.508 e. The molecule has 0 bridgehead atoms. The summed E-state index contributed by atoms with van der Waals surface area (Å²) in [5, 5.41) is 10.8. The summed E-state index contributed by atoms with van der Waals surface area (Å²) in [5.74, 6) is 0.705. The highest BCUT2D eigenvalue weighted by atomic mass is 16.5. The minimum atomic E-state index is 0.234. The van der Waals surface area contributed by atoms with Gasteiger partial charge in [-0.3, -0.25) is 0 Å². The molecule has 0 unspecified atom stereocenters. The molecule has 2 aromatic heterocycles. The van der Waals surface area contributed by atoms with Gasteiger partial charge in [-0.15, -0.1) is 0 Å². The fraction of sp³-hybridized carbons (Fsp3) is 0.478. The number of fused-ring (bicyclic) bond motifs is 1. The summed E-state index contributed by atoms with van der Waals surface area (Å²) in [6.45, 7) is 5.97. The van der Waals surface area contributed by atoms with Crippen molar-refractivity contribution >= 4 is 16.9 Å². The molecule has 1 aliphatic rings. The van der Waals surface area contributed by atoms with Crippen LogP contribution in [0.25, 0.3) is 22.2 Å². The van der Waals surface area contributed by atoms with Crippen molar-refractivity contribution in [1.29, 1.82) is 0 Å². The van der Waals surface area contributed by atoms with E-state index in [2.05, 4.69) is 37.6 Å². The van der Waals surface area contributed by atoms with E-state index in [1.54, 1.807) is 19.2 Å². The maximum atomic E-state index is 9.95. The first kappa shape index (κ1) is 21.5. The second-order valence-corrected chi connectivity index (χ2v) is 8.33. The zero-order valence-electron chi connectivity index (χ0n) is 18.4. The number of likely N-dealkylation sites (tertiary alicyclic amines) is 1. The Balaban J connectivity index is 1.50. The van der Waals surface area contributed by atoms with Gasteiger partial charge in [-0.1, -0.05) is 12.1 Å².